The lowest BCUT2D eigenvalue weighted by Crippen LogP contribution is -2.42. The quantitative estimate of drug-likeness (QED) is 0.630. The Morgan fingerprint density at radius 3 is 2.30 bits per heavy atom. The molecule has 5 nitrogen and oxygen atoms in total. The molecule has 0 atom stereocenters. The Hall–Kier alpha value is -3.55. The number of halogens is 3. The van der Waals surface area contributed by atoms with Gasteiger partial charge in [0.15, 0.2) is 0 Å². The second-order valence-electron chi connectivity index (χ2n) is 6.83. The van der Waals surface area contributed by atoms with Gasteiger partial charge in [0, 0.05) is 17.1 Å². The minimum absolute atomic E-state index is 0.193. The molecule has 0 radical (unpaired) electrons. The molecule has 2 amide bonds. The molecule has 156 valence electrons. The first-order chi connectivity index (χ1) is 14.2. The summed E-state index contributed by atoms with van der Waals surface area (Å²) in [5.74, 6) is -1.14. The first-order valence-corrected chi connectivity index (χ1v) is 9.16. The fourth-order valence-electron chi connectivity index (χ4n) is 3.25. The summed E-state index contributed by atoms with van der Waals surface area (Å²) < 4.78 is 40.3. The van der Waals surface area contributed by atoms with E-state index in [1.165, 1.54) is 12.1 Å². The number of nitrogens with one attached hydrogen (secondary N) is 2. The van der Waals surface area contributed by atoms with Gasteiger partial charge in [-0.3, -0.25) is 20.4 Å². The highest BCUT2D eigenvalue weighted by atomic mass is 19.4. The van der Waals surface area contributed by atoms with Crippen molar-refractivity contribution in [1.29, 1.82) is 0 Å². The van der Waals surface area contributed by atoms with Crippen LogP contribution in [-0.2, 0) is 17.4 Å². The summed E-state index contributed by atoms with van der Waals surface area (Å²) in [6, 6.07) is 15.7. The average molecular weight is 415 g/mol. The van der Waals surface area contributed by atoms with E-state index in [9.17, 15) is 22.8 Å². The average Bonchev–Trinajstić information content (AvgIpc) is 3.00. The predicted molar refractivity (Wildman–Crippen MR) is 106 cm³/mol. The maximum Gasteiger partial charge on any atom is 0.416 e. The van der Waals surface area contributed by atoms with Crippen molar-refractivity contribution >= 4 is 11.8 Å². The number of carbonyl (C=O) groups excluding carboxylic acids is 2. The van der Waals surface area contributed by atoms with Crippen molar-refractivity contribution in [3.05, 3.63) is 88.7 Å². The summed E-state index contributed by atoms with van der Waals surface area (Å²) in [4.78, 5) is 24.6. The van der Waals surface area contributed by atoms with Crippen molar-refractivity contribution in [3.8, 4) is 5.69 Å². The third-order valence-corrected chi connectivity index (χ3v) is 4.62. The van der Waals surface area contributed by atoms with E-state index in [0.717, 1.165) is 23.5 Å². The van der Waals surface area contributed by atoms with Crippen molar-refractivity contribution in [2.75, 3.05) is 0 Å². The summed E-state index contributed by atoms with van der Waals surface area (Å²) in [7, 11) is 0. The molecule has 2 N–H and O–H groups in total. The Labute approximate surface area is 171 Å². The van der Waals surface area contributed by atoms with Gasteiger partial charge >= 0.3 is 6.18 Å². The number of alkyl halides is 3. The van der Waals surface area contributed by atoms with Gasteiger partial charge in [0.25, 0.3) is 5.91 Å². The molecule has 3 aromatic rings. The van der Waals surface area contributed by atoms with Crippen LogP contribution in [0.1, 0.15) is 32.9 Å². The van der Waals surface area contributed by atoms with Crippen molar-refractivity contribution in [1.82, 2.24) is 15.4 Å². The fraction of sp³-hybridized carbons (Fsp3) is 0.182. The Balaban J connectivity index is 1.66. The summed E-state index contributed by atoms with van der Waals surface area (Å²) in [6.07, 6.45) is -4.78. The summed E-state index contributed by atoms with van der Waals surface area (Å²) in [5, 5.41) is 0. The molecule has 0 saturated heterocycles. The molecule has 30 heavy (non-hydrogen) atoms. The van der Waals surface area contributed by atoms with Gasteiger partial charge < -0.3 is 4.57 Å². The monoisotopic (exact) mass is 415 g/mol. The third kappa shape index (κ3) is 4.71. The fourth-order valence-corrected chi connectivity index (χ4v) is 3.25. The van der Waals surface area contributed by atoms with E-state index in [-0.39, 0.29) is 12.0 Å². The molecule has 0 spiro atoms. The highest BCUT2D eigenvalue weighted by Gasteiger charge is 2.30. The van der Waals surface area contributed by atoms with Crippen LogP contribution in [0.2, 0.25) is 0 Å². The maximum absolute atomic E-state index is 12.8. The lowest BCUT2D eigenvalue weighted by molar-refractivity contribution is -0.137. The second kappa shape index (κ2) is 8.44. The van der Waals surface area contributed by atoms with Crippen LogP contribution in [-0.4, -0.2) is 16.4 Å². The number of amides is 2. The van der Waals surface area contributed by atoms with E-state index in [1.54, 1.807) is 13.0 Å². The van der Waals surface area contributed by atoms with Crippen LogP contribution in [0.5, 0.6) is 0 Å². The number of hydrogen-bond donors (Lipinski definition) is 2. The van der Waals surface area contributed by atoms with Gasteiger partial charge in [-0.25, -0.2) is 0 Å². The molecule has 3 rings (SSSR count). The SMILES string of the molecule is Cc1cc(C(=O)NNC(=O)Cc2cccc(C(F)(F)F)c2)c(C)n1-c1ccccc1. The van der Waals surface area contributed by atoms with Gasteiger partial charge in [-0.1, -0.05) is 36.4 Å². The van der Waals surface area contributed by atoms with Gasteiger partial charge in [0.1, 0.15) is 0 Å². The number of aromatic nitrogens is 1. The van der Waals surface area contributed by atoms with Gasteiger partial charge in [-0.15, -0.1) is 0 Å². The first-order valence-electron chi connectivity index (χ1n) is 9.16. The molecule has 0 fully saturated rings. The highest BCUT2D eigenvalue weighted by Crippen LogP contribution is 2.29. The van der Waals surface area contributed by atoms with Gasteiger partial charge in [-0.2, -0.15) is 13.2 Å². The van der Waals surface area contributed by atoms with E-state index < -0.39 is 23.6 Å². The molecule has 2 aromatic carbocycles. The van der Waals surface area contributed by atoms with Crippen LogP contribution in [0.3, 0.4) is 0 Å². The number of carbonyl (C=O) groups is 2. The van der Waals surface area contributed by atoms with Crippen LogP contribution in [0.25, 0.3) is 5.69 Å². The molecule has 0 aliphatic carbocycles. The molecule has 1 aromatic heterocycles. The number of hydrazine groups is 1. The zero-order chi connectivity index (χ0) is 21.9. The van der Waals surface area contributed by atoms with Crippen LogP contribution in [0.15, 0.2) is 60.7 Å². The van der Waals surface area contributed by atoms with Crippen LogP contribution in [0, 0.1) is 13.8 Å². The summed E-state index contributed by atoms with van der Waals surface area (Å²) >= 11 is 0. The molecule has 0 bridgehead atoms. The maximum atomic E-state index is 12.8. The summed E-state index contributed by atoms with van der Waals surface area (Å²) in [5.41, 5.74) is 6.77. The van der Waals surface area contributed by atoms with Crippen molar-refractivity contribution in [2.24, 2.45) is 0 Å². The number of para-hydroxylation sites is 1. The molecule has 0 saturated carbocycles. The van der Waals surface area contributed by atoms with Crippen LogP contribution in [0.4, 0.5) is 13.2 Å². The molecular formula is C22H20F3N3O2. The number of hydrogen-bond acceptors (Lipinski definition) is 2. The van der Waals surface area contributed by atoms with E-state index in [1.807, 2.05) is 41.8 Å². The van der Waals surface area contributed by atoms with E-state index in [4.69, 9.17) is 0 Å². The van der Waals surface area contributed by atoms with Gasteiger partial charge in [0.05, 0.1) is 17.5 Å². The standard InChI is InChI=1S/C22H20F3N3O2/c1-14-11-19(15(2)28(14)18-9-4-3-5-10-18)21(30)27-26-20(29)13-16-7-6-8-17(12-16)22(23,24)25/h3-12H,13H2,1-2H3,(H,26,29)(H,27,30). The molecule has 0 aliphatic rings. The van der Waals surface area contributed by atoms with E-state index in [2.05, 4.69) is 10.9 Å². The normalized spacial score (nSPS) is 11.2. The van der Waals surface area contributed by atoms with E-state index in [0.29, 0.717) is 11.3 Å². The Bertz CT molecular complexity index is 1070. The Morgan fingerprint density at radius 2 is 1.63 bits per heavy atom. The number of rotatable bonds is 4. The Kier molecular flexibility index (Phi) is 5.96. The van der Waals surface area contributed by atoms with Crippen molar-refractivity contribution in [3.63, 3.8) is 0 Å². The lowest BCUT2D eigenvalue weighted by atomic mass is 10.1. The number of benzene rings is 2. The van der Waals surface area contributed by atoms with Crippen LogP contribution >= 0.6 is 0 Å². The largest absolute Gasteiger partial charge is 0.416 e. The minimum atomic E-state index is -4.48. The number of aryl methyl sites for hydroxylation is 1. The first kappa shape index (κ1) is 21.2. The third-order valence-electron chi connectivity index (χ3n) is 4.62. The molecule has 0 aliphatic heterocycles. The highest BCUT2D eigenvalue weighted by molar-refractivity contribution is 5.97. The Morgan fingerprint density at radius 1 is 0.933 bits per heavy atom. The molecule has 1 heterocycles. The topological polar surface area (TPSA) is 63.1 Å². The van der Waals surface area contributed by atoms with Crippen LogP contribution < -0.4 is 10.9 Å². The minimum Gasteiger partial charge on any atom is -0.318 e. The van der Waals surface area contributed by atoms with Crippen molar-refractivity contribution in [2.45, 2.75) is 26.4 Å². The van der Waals surface area contributed by atoms with Crippen molar-refractivity contribution < 1.29 is 22.8 Å². The lowest BCUT2D eigenvalue weighted by Gasteiger charge is -2.11. The second-order valence-corrected chi connectivity index (χ2v) is 6.83. The summed E-state index contributed by atoms with van der Waals surface area (Å²) in [6.45, 7) is 3.66. The van der Waals surface area contributed by atoms with E-state index >= 15 is 0 Å². The zero-order valence-corrected chi connectivity index (χ0v) is 16.4. The van der Waals surface area contributed by atoms with Gasteiger partial charge in [-0.05, 0) is 43.7 Å². The predicted octanol–water partition coefficient (Wildman–Crippen LogP) is 4.12. The number of nitrogens with zero attached hydrogens (tertiary/aromatic N) is 1. The smallest absolute Gasteiger partial charge is 0.318 e. The molecule has 8 heteroatoms. The van der Waals surface area contributed by atoms with Gasteiger partial charge in [0.2, 0.25) is 5.91 Å². The molecule has 0 unspecified atom stereocenters. The molecular weight excluding hydrogens is 395 g/mol. The zero-order valence-electron chi connectivity index (χ0n) is 16.4.